The van der Waals surface area contributed by atoms with Crippen molar-refractivity contribution in [2.75, 3.05) is 0 Å². The van der Waals surface area contributed by atoms with Crippen LogP contribution in [-0.2, 0) is 29.5 Å². The molecule has 9 heteroatoms. The van der Waals surface area contributed by atoms with Gasteiger partial charge in [-0.25, -0.2) is 13.5 Å². The molecule has 5 rings (SSSR count). The molecule has 0 aliphatic carbocycles. The van der Waals surface area contributed by atoms with Gasteiger partial charge in [0, 0.05) is 24.9 Å². The molecule has 7 nitrogen and oxygen atoms in total. The summed E-state index contributed by atoms with van der Waals surface area (Å²) in [6, 6.07) is 23.5. The first-order valence-electron chi connectivity index (χ1n) is 12.7. The van der Waals surface area contributed by atoms with Crippen LogP contribution in [-0.4, -0.2) is 25.5 Å². The second-order valence-electron chi connectivity index (χ2n) is 9.24. The van der Waals surface area contributed by atoms with Gasteiger partial charge in [0.25, 0.3) is 5.56 Å². The first kappa shape index (κ1) is 27.2. The number of rotatable bonds is 7. The minimum Gasteiger partial charge on any atom is -0.452 e. The van der Waals surface area contributed by atoms with Crippen molar-refractivity contribution in [2.24, 2.45) is 7.05 Å². The lowest BCUT2D eigenvalue weighted by atomic mass is 10.0. The molecule has 0 saturated heterocycles. The van der Waals surface area contributed by atoms with Crippen molar-refractivity contribution < 1.29 is 18.3 Å². The normalized spacial score (nSPS) is 10.7. The van der Waals surface area contributed by atoms with E-state index in [0.717, 1.165) is 22.8 Å². The van der Waals surface area contributed by atoms with Gasteiger partial charge < -0.3 is 4.74 Å². The maximum absolute atomic E-state index is 14.2. The Balaban J connectivity index is 1.50. The molecular weight excluding hydrogens is 526 g/mol. The summed E-state index contributed by atoms with van der Waals surface area (Å²) in [6.07, 6.45) is 2.35. The molecule has 0 N–H and O–H groups in total. The van der Waals surface area contributed by atoms with Crippen LogP contribution in [0.5, 0.6) is 0 Å². The number of aryl methyl sites for hydroxylation is 1. The van der Waals surface area contributed by atoms with Crippen molar-refractivity contribution in [3.05, 3.63) is 153 Å². The molecule has 204 valence electrons. The van der Waals surface area contributed by atoms with Crippen molar-refractivity contribution in [2.45, 2.75) is 19.1 Å². The number of benzene rings is 3. The highest BCUT2D eigenvalue weighted by molar-refractivity contribution is 5.73. The van der Waals surface area contributed by atoms with E-state index in [-0.39, 0.29) is 29.8 Å². The number of hydrogen-bond acceptors (Lipinski definition) is 5. The minimum atomic E-state index is -1.10. The average Bonchev–Trinajstić information content (AvgIpc) is 3.39. The molecule has 3 aromatic carbocycles. The first-order chi connectivity index (χ1) is 19.9. The van der Waals surface area contributed by atoms with Gasteiger partial charge in [-0.1, -0.05) is 78.6 Å². The quantitative estimate of drug-likeness (QED) is 0.219. The molecule has 0 aliphatic rings. The molecule has 0 radical (unpaired) electrons. The van der Waals surface area contributed by atoms with Crippen LogP contribution in [0.15, 0.2) is 102 Å². The molecule has 0 unspecified atom stereocenters. The summed E-state index contributed by atoms with van der Waals surface area (Å²) in [4.78, 5) is 26.3. The smallest absolute Gasteiger partial charge is 0.312 e. The van der Waals surface area contributed by atoms with E-state index in [2.05, 4.69) is 22.0 Å². The molecule has 0 atom stereocenters. The summed E-state index contributed by atoms with van der Waals surface area (Å²) in [5, 5.41) is 8.53. The molecule has 2 aromatic heterocycles. The van der Waals surface area contributed by atoms with Gasteiger partial charge in [0.05, 0.1) is 36.0 Å². The van der Waals surface area contributed by atoms with E-state index in [1.165, 1.54) is 22.9 Å². The number of carbonyl (C=O) groups is 1. The molecule has 2 heterocycles. The number of halogens is 2. The summed E-state index contributed by atoms with van der Waals surface area (Å²) in [6.45, 7) is 0.109. The van der Waals surface area contributed by atoms with Crippen LogP contribution in [0.25, 0.3) is 0 Å². The maximum Gasteiger partial charge on any atom is 0.312 e. The van der Waals surface area contributed by atoms with Gasteiger partial charge >= 0.3 is 5.97 Å². The molecule has 0 fully saturated rings. The molecule has 41 heavy (non-hydrogen) atoms. The lowest BCUT2D eigenvalue weighted by Gasteiger charge is -2.19. The first-order valence-corrected chi connectivity index (χ1v) is 12.7. The number of aromatic nitrogens is 4. The Kier molecular flexibility index (Phi) is 8.11. The van der Waals surface area contributed by atoms with Crippen LogP contribution in [0.4, 0.5) is 8.78 Å². The van der Waals surface area contributed by atoms with E-state index in [9.17, 15) is 18.4 Å². The number of carbonyl (C=O) groups excluding carboxylic acids is 1. The van der Waals surface area contributed by atoms with E-state index >= 15 is 0 Å². The van der Waals surface area contributed by atoms with Crippen LogP contribution in [0.2, 0.25) is 0 Å². The summed E-state index contributed by atoms with van der Waals surface area (Å²) in [5.41, 5.74) is 1.88. The Labute approximate surface area is 234 Å². The summed E-state index contributed by atoms with van der Waals surface area (Å²) < 4.78 is 36.7. The third-order valence-corrected chi connectivity index (χ3v) is 6.21. The molecule has 0 bridgehead atoms. The molecular formula is C32H24F2N4O3. The fraction of sp³-hybridized carbons (Fsp3) is 0.125. The molecule has 5 aromatic rings. The van der Waals surface area contributed by atoms with Crippen molar-refractivity contribution in [3.8, 4) is 11.8 Å². The lowest BCUT2D eigenvalue weighted by molar-refractivity contribution is -0.146. The van der Waals surface area contributed by atoms with E-state index in [1.54, 1.807) is 24.1 Å². The summed E-state index contributed by atoms with van der Waals surface area (Å²) in [5.74, 6) is 2.50. The minimum absolute atomic E-state index is 0.106. The van der Waals surface area contributed by atoms with Gasteiger partial charge in [-0.3, -0.25) is 14.3 Å². The highest BCUT2D eigenvalue weighted by Gasteiger charge is 2.21. The SMILES string of the molecule is Cn1cc(Cn2nc(CC(=O)OC(c3ccccc3)c3ccccc3)c(C#Cc3cccc(F)c3F)cc2=O)cn1. The van der Waals surface area contributed by atoms with Crippen molar-refractivity contribution in [1.29, 1.82) is 0 Å². The van der Waals surface area contributed by atoms with Crippen LogP contribution in [0.3, 0.4) is 0 Å². The predicted octanol–water partition coefficient (Wildman–Crippen LogP) is 4.58. The van der Waals surface area contributed by atoms with Gasteiger partial charge in [0.15, 0.2) is 17.7 Å². The third-order valence-electron chi connectivity index (χ3n) is 6.21. The predicted molar refractivity (Wildman–Crippen MR) is 148 cm³/mol. The van der Waals surface area contributed by atoms with Crippen molar-refractivity contribution in [1.82, 2.24) is 19.6 Å². The summed E-state index contributed by atoms with van der Waals surface area (Å²) >= 11 is 0. The fourth-order valence-corrected chi connectivity index (χ4v) is 4.24. The standard InChI is InChI=1S/C32H24F2N4O3/c1-37-20-22(19-35-37)21-38-29(39)17-26(16-15-23-13-8-14-27(33)31(23)34)28(36-38)18-30(40)41-32(24-9-4-2-5-10-24)25-11-6-3-7-12-25/h2-14,17,19-20,32H,18,21H2,1H3. The van der Waals surface area contributed by atoms with E-state index < -0.39 is 29.3 Å². The number of nitrogens with zero attached hydrogens (tertiary/aromatic N) is 4. The fourth-order valence-electron chi connectivity index (χ4n) is 4.24. The van der Waals surface area contributed by atoms with Crippen LogP contribution in [0.1, 0.15) is 39.6 Å². The Morgan fingerprint density at radius 3 is 2.22 bits per heavy atom. The maximum atomic E-state index is 14.2. The van der Waals surface area contributed by atoms with Crippen LogP contribution >= 0.6 is 0 Å². The van der Waals surface area contributed by atoms with E-state index in [4.69, 9.17) is 4.74 Å². The second kappa shape index (κ2) is 12.2. The Morgan fingerprint density at radius 1 is 0.927 bits per heavy atom. The highest BCUT2D eigenvalue weighted by Crippen LogP contribution is 2.26. The summed E-state index contributed by atoms with van der Waals surface area (Å²) in [7, 11) is 1.75. The third kappa shape index (κ3) is 6.62. The molecule has 0 aliphatic heterocycles. The van der Waals surface area contributed by atoms with Gasteiger partial charge in [0.1, 0.15) is 0 Å². The Hall–Kier alpha value is -5.36. The number of ether oxygens (including phenoxy) is 1. The Morgan fingerprint density at radius 2 is 1.59 bits per heavy atom. The molecule has 0 spiro atoms. The van der Waals surface area contributed by atoms with E-state index in [0.29, 0.717) is 0 Å². The van der Waals surface area contributed by atoms with Gasteiger partial charge in [-0.05, 0) is 23.3 Å². The van der Waals surface area contributed by atoms with Crippen molar-refractivity contribution in [3.63, 3.8) is 0 Å². The van der Waals surface area contributed by atoms with E-state index in [1.807, 2.05) is 60.7 Å². The topological polar surface area (TPSA) is 79.0 Å². The molecule has 0 amide bonds. The Bertz CT molecular complexity index is 1770. The zero-order valence-corrected chi connectivity index (χ0v) is 22.0. The van der Waals surface area contributed by atoms with Crippen LogP contribution in [0, 0.1) is 23.5 Å². The second-order valence-corrected chi connectivity index (χ2v) is 9.24. The lowest BCUT2D eigenvalue weighted by Crippen LogP contribution is -2.26. The monoisotopic (exact) mass is 550 g/mol. The average molecular weight is 551 g/mol. The van der Waals surface area contributed by atoms with Crippen molar-refractivity contribution >= 4 is 5.97 Å². The van der Waals surface area contributed by atoms with Gasteiger partial charge in [0.2, 0.25) is 0 Å². The molecule has 0 saturated carbocycles. The largest absolute Gasteiger partial charge is 0.452 e. The number of hydrogen-bond donors (Lipinski definition) is 0. The van der Waals surface area contributed by atoms with Gasteiger partial charge in [-0.15, -0.1) is 0 Å². The number of esters is 1. The van der Waals surface area contributed by atoms with Gasteiger partial charge in [-0.2, -0.15) is 10.2 Å². The zero-order valence-electron chi connectivity index (χ0n) is 22.0. The highest BCUT2D eigenvalue weighted by atomic mass is 19.2. The zero-order chi connectivity index (χ0) is 28.8. The van der Waals surface area contributed by atoms with Crippen LogP contribution < -0.4 is 5.56 Å².